The van der Waals surface area contributed by atoms with E-state index < -0.39 is 5.91 Å². The smallest absolute Gasteiger partial charge is 0.277 e. The molecule has 0 aliphatic carbocycles. The molecule has 2 N–H and O–H groups in total. The lowest BCUT2D eigenvalue weighted by atomic mass is 10.1. The molecule has 164 valence electrons. The zero-order chi connectivity index (χ0) is 23.1. The van der Waals surface area contributed by atoms with Gasteiger partial charge >= 0.3 is 0 Å². The summed E-state index contributed by atoms with van der Waals surface area (Å²) in [6.45, 7) is 7.82. The number of rotatable bonds is 7. The van der Waals surface area contributed by atoms with E-state index >= 15 is 0 Å². The Balaban J connectivity index is 1.59. The first kappa shape index (κ1) is 22.7. The third-order valence-electron chi connectivity index (χ3n) is 4.74. The molecule has 0 saturated carbocycles. The number of carbonyl (C=O) groups is 1. The third kappa shape index (κ3) is 6.50. The molecular weight excluding hydrogens is 404 g/mol. The Kier molecular flexibility index (Phi) is 7.33. The molecule has 0 radical (unpaired) electrons. The molecule has 0 aliphatic rings. The van der Waals surface area contributed by atoms with Crippen LogP contribution >= 0.6 is 0 Å². The van der Waals surface area contributed by atoms with Gasteiger partial charge in [0.15, 0.2) is 6.61 Å². The van der Waals surface area contributed by atoms with Crippen molar-refractivity contribution >= 4 is 23.5 Å². The quantitative estimate of drug-likeness (QED) is 0.291. The van der Waals surface area contributed by atoms with E-state index in [9.17, 15) is 9.90 Å². The van der Waals surface area contributed by atoms with Gasteiger partial charge in [0, 0.05) is 5.56 Å². The molecule has 0 heterocycles. The van der Waals surface area contributed by atoms with E-state index in [1.54, 1.807) is 12.1 Å². The third-order valence-corrected chi connectivity index (χ3v) is 4.74. The van der Waals surface area contributed by atoms with Crippen molar-refractivity contribution in [1.29, 1.82) is 0 Å². The van der Waals surface area contributed by atoms with Crippen molar-refractivity contribution in [2.24, 2.45) is 15.3 Å². The topological polar surface area (TPSA) is 95.6 Å². The van der Waals surface area contributed by atoms with Gasteiger partial charge in [0.2, 0.25) is 0 Å². The highest BCUT2D eigenvalue weighted by Gasteiger charge is 2.04. The van der Waals surface area contributed by atoms with Gasteiger partial charge in [0.25, 0.3) is 5.91 Å². The molecule has 0 bridgehead atoms. The average molecular weight is 431 g/mol. The van der Waals surface area contributed by atoms with E-state index in [0.717, 1.165) is 22.4 Å². The first-order chi connectivity index (χ1) is 15.3. The molecule has 32 heavy (non-hydrogen) atoms. The maximum atomic E-state index is 12.0. The summed E-state index contributed by atoms with van der Waals surface area (Å²) in [4.78, 5) is 12.0. The SMILES string of the molecule is Cc1cc(C)cc(OCC(=O)N/N=C\c2cc(N=Nc3ccc(C)c(C)c3)ccc2O)c1. The monoisotopic (exact) mass is 430 g/mol. The number of hydrogen-bond acceptors (Lipinski definition) is 6. The summed E-state index contributed by atoms with van der Waals surface area (Å²) in [7, 11) is 0. The van der Waals surface area contributed by atoms with E-state index in [-0.39, 0.29) is 12.4 Å². The van der Waals surface area contributed by atoms with Gasteiger partial charge in [-0.2, -0.15) is 15.3 Å². The molecule has 0 fully saturated rings. The van der Waals surface area contributed by atoms with E-state index in [2.05, 4.69) is 20.8 Å². The Labute approximate surface area is 187 Å². The van der Waals surface area contributed by atoms with Crippen LogP contribution in [-0.4, -0.2) is 23.8 Å². The molecule has 0 spiro atoms. The molecule has 1 amide bonds. The molecule has 0 atom stereocenters. The van der Waals surface area contributed by atoms with Crippen LogP contribution in [0.2, 0.25) is 0 Å². The van der Waals surface area contributed by atoms with Gasteiger partial charge in [-0.05, 0) is 92.4 Å². The molecule has 7 nitrogen and oxygen atoms in total. The van der Waals surface area contributed by atoms with Gasteiger partial charge in [0.05, 0.1) is 17.6 Å². The van der Waals surface area contributed by atoms with Crippen molar-refractivity contribution in [3.63, 3.8) is 0 Å². The predicted molar refractivity (Wildman–Crippen MR) is 125 cm³/mol. The molecule has 0 aliphatic heterocycles. The van der Waals surface area contributed by atoms with Crippen molar-refractivity contribution in [2.75, 3.05) is 6.61 Å². The van der Waals surface area contributed by atoms with E-state index in [1.807, 2.05) is 64.1 Å². The van der Waals surface area contributed by atoms with Crippen LogP contribution in [-0.2, 0) is 4.79 Å². The summed E-state index contributed by atoms with van der Waals surface area (Å²) < 4.78 is 5.50. The normalized spacial score (nSPS) is 11.2. The van der Waals surface area contributed by atoms with Crippen molar-refractivity contribution in [2.45, 2.75) is 27.7 Å². The highest BCUT2D eigenvalue weighted by atomic mass is 16.5. The standard InChI is InChI=1S/C25H26N4O3/c1-16-9-17(2)11-23(10-16)32-15-25(31)29-26-14-20-13-22(7-8-24(20)30)28-27-21-6-5-18(3)19(4)12-21/h5-14,30H,15H2,1-4H3,(H,29,31)/b26-14-,28-27?. The van der Waals surface area contributed by atoms with Crippen LogP contribution in [0.1, 0.15) is 27.8 Å². The number of amides is 1. The summed E-state index contributed by atoms with van der Waals surface area (Å²) in [5, 5.41) is 22.4. The van der Waals surface area contributed by atoms with Gasteiger partial charge in [-0.3, -0.25) is 4.79 Å². The number of nitrogens with one attached hydrogen (secondary N) is 1. The summed E-state index contributed by atoms with van der Waals surface area (Å²) in [5.41, 5.74) is 8.52. The zero-order valence-corrected chi connectivity index (χ0v) is 18.6. The number of nitrogens with zero attached hydrogens (tertiary/aromatic N) is 3. The Morgan fingerprint density at radius 3 is 2.25 bits per heavy atom. The van der Waals surface area contributed by atoms with E-state index in [4.69, 9.17) is 4.74 Å². The molecule has 0 saturated heterocycles. The second-order valence-corrected chi connectivity index (χ2v) is 7.62. The minimum Gasteiger partial charge on any atom is -0.507 e. The molecule has 0 unspecified atom stereocenters. The second kappa shape index (κ2) is 10.3. The van der Waals surface area contributed by atoms with Gasteiger partial charge < -0.3 is 9.84 Å². The molecular formula is C25H26N4O3. The van der Waals surface area contributed by atoms with Gasteiger partial charge in [-0.1, -0.05) is 12.1 Å². The largest absolute Gasteiger partial charge is 0.507 e. The summed E-state index contributed by atoms with van der Waals surface area (Å²) in [6.07, 6.45) is 1.35. The predicted octanol–water partition coefficient (Wildman–Crippen LogP) is 5.57. The van der Waals surface area contributed by atoms with Crippen LogP contribution < -0.4 is 10.2 Å². The Morgan fingerprint density at radius 2 is 1.56 bits per heavy atom. The first-order valence-electron chi connectivity index (χ1n) is 10.1. The number of phenols is 1. The summed E-state index contributed by atoms with van der Waals surface area (Å²) in [5.74, 6) is 0.228. The van der Waals surface area contributed by atoms with Crippen LogP contribution in [0.4, 0.5) is 11.4 Å². The highest BCUT2D eigenvalue weighted by Crippen LogP contribution is 2.25. The Hall–Kier alpha value is -4.00. The molecule has 3 aromatic rings. The number of aryl methyl sites for hydroxylation is 4. The molecule has 7 heteroatoms. The average Bonchev–Trinajstić information content (AvgIpc) is 2.74. The van der Waals surface area contributed by atoms with E-state index in [0.29, 0.717) is 17.0 Å². The fourth-order valence-corrected chi connectivity index (χ4v) is 2.98. The van der Waals surface area contributed by atoms with E-state index in [1.165, 1.54) is 17.8 Å². The lowest BCUT2D eigenvalue weighted by Gasteiger charge is -2.07. The van der Waals surface area contributed by atoms with Gasteiger partial charge in [-0.15, -0.1) is 0 Å². The Bertz CT molecular complexity index is 1170. The van der Waals surface area contributed by atoms with Crippen LogP contribution in [0.3, 0.4) is 0 Å². The fourth-order valence-electron chi connectivity index (χ4n) is 2.98. The lowest BCUT2D eigenvalue weighted by molar-refractivity contribution is -0.123. The number of phenolic OH excluding ortho intramolecular Hbond substituents is 1. The van der Waals surface area contributed by atoms with Gasteiger partial charge in [0.1, 0.15) is 11.5 Å². The summed E-state index contributed by atoms with van der Waals surface area (Å²) in [6, 6.07) is 16.4. The van der Waals surface area contributed by atoms with Gasteiger partial charge in [-0.25, -0.2) is 5.43 Å². The lowest BCUT2D eigenvalue weighted by Crippen LogP contribution is -2.24. The van der Waals surface area contributed by atoms with Crippen LogP contribution in [0.5, 0.6) is 11.5 Å². The number of ether oxygens (including phenoxy) is 1. The van der Waals surface area contributed by atoms with Crippen molar-refractivity contribution in [3.05, 3.63) is 82.4 Å². The number of hydrazone groups is 1. The number of carbonyl (C=O) groups excluding carboxylic acids is 1. The van der Waals surface area contributed by atoms with Crippen LogP contribution in [0.15, 0.2) is 69.9 Å². The number of aromatic hydroxyl groups is 1. The first-order valence-corrected chi connectivity index (χ1v) is 10.1. The highest BCUT2D eigenvalue weighted by molar-refractivity contribution is 5.86. The minimum absolute atomic E-state index is 0.0135. The molecule has 3 aromatic carbocycles. The second-order valence-electron chi connectivity index (χ2n) is 7.62. The minimum atomic E-state index is -0.412. The number of benzene rings is 3. The number of azo groups is 1. The fraction of sp³-hybridized carbons (Fsp3) is 0.200. The van der Waals surface area contributed by atoms with Crippen molar-refractivity contribution in [3.8, 4) is 11.5 Å². The maximum Gasteiger partial charge on any atom is 0.277 e. The number of hydrogen-bond donors (Lipinski definition) is 2. The van der Waals surface area contributed by atoms with Crippen molar-refractivity contribution in [1.82, 2.24) is 5.43 Å². The molecule has 0 aromatic heterocycles. The van der Waals surface area contributed by atoms with Crippen LogP contribution in [0, 0.1) is 27.7 Å². The van der Waals surface area contributed by atoms with Crippen LogP contribution in [0.25, 0.3) is 0 Å². The summed E-state index contributed by atoms with van der Waals surface area (Å²) >= 11 is 0. The zero-order valence-electron chi connectivity index (χ0n) is 18.6. The Morgan fingerprint density at radius 1 is 0.906 bits per heavy atom. The maximum absolute atomic E-state index is 12.0. The molecule has 3 rings (SSSR count). The van der Waals surface area contributed by atoms with Crippen molar-refractivity contribution < 1.29 is 14.6 Å².